The van der Waals surface area contributed by atoms with E-state index >= 15 is 0 Å². The molecule has 8 nitrogen and oxygen atoms in total. The zero-order chi connectivity index (χ0) is 27.9. The van der Waals surface area contributed by atoms with Crippen LogP contribution in [0.5, 0.6) is 0 Å². The van der Waals surface area contributed by atoms with E-state index in [-0.39, 0.29) is 16.0 Å². The van der Waals surface area contributed by atoms with Gasteiger partial charge in [-0.15, -0.1) is 5.53 Å². The van der Waals surface area contributed by atoms with Gasteiger partial charge in [0.1, 0.15) is 12.1 Å². The number of hydrogen-bond donors (Lipinski definition) is 4. The normalized spacial score (nSPS) is 17.1. The van der Waals surface area contributed by atoms with Gasteiger partial charge in [0.15, 0.2) is 0 Å². The number of nitriles is 2. The van der Waals surface area contributed by atoms with Crippen LogP contribution in [-0.2, 0) is 0 Å². The van der Waals surface area contributed by atoms with Crippen molar-refractivity contribution in [2.24, 2.45) is 5.41 Å². The van der Waals surface area contributed by atoms with Crippen LogP contribution in [0.15, 0.2) is 48.4 Å². The van der Waals surface area contributed by atoms with Crippen LogP contribution in [0.3, 0.4) is 0 Å². The van der Waals surface area contributed by atoms with Crippen LogP contribution in [0.2, 0.25) is 10.0 Å². The highest BCUT2D eigenvalue weighted by molar-refractivity contribution is 6.36. The first-order valence-electron chi connectivity index (χ1n) is 12.8. The van der Waals surface area contributed by atoms with Crippen molar-refractivity contribution in [1.29, 1.82) is 10.5 Å². The zero-order valence-electron chi connectivity index (χ0n) is 22.3. The van der Waals surface area contributed by atoms with Gasteiger partial charge in [-0.1, -0.05) is 56.1 Å². The predicted molar refractivity (Wildman–Crippen MR) is 151 cm³/mol. The van der Waals surface area contributed by atoms with Crippen molar-refractivity contribution in [3.8, 4) is 12.1 Å². The molecular weight excluding hydrogens is 519 g/mol. The molecule has 0 saturated heterocycles. The Morgan fingerprint density at radius 3 is 2.66 bits per heavy atom. The lowest BCUT2D eigenvalue weighted by molar-refractivity contribution is 0.260. The van der Waals surface area contributed by atoms with Gasteiger partial charge < -0.3 is 16.1 Å². The van der Waals surface area contributed by atoms with E-state index in [4.69, 9.17) is 23.2 Å². The lowest BCUT2D eigenvalue weighted by Gasteiger charge is -2.24. The summed E-state index contributed by atoms with van der Waals surface area (Å²) in [5, 5.41) is 29.3. The van der Waals surface area contributed by atoms with Gasteiger partial charge >= 0.3 is 0 Å². The molecule has 1 atom stereocenters. The summed E-state index contributed by atoms with van der Waals surface area (Å²) in [5.41, 5.74) is 9.43. The summed E-state index contributed by atoms with van der Waals surface area (Å²) in [5.74, 6) is 0. The van der Waals surface area contributed by atoms with E-state index in [0.29, 0.717) is 56.7 Å². The van der Waals surface area contributed by atoms with Gasteiger partial charge in [-0.25, -0.2) is 0 Å². The van der Waals surface area contributed by atoms with E-state index < -0.39 is 6.02 Å². The van der Waals surface area contributed by atoms with Crippen molar-refractivity contribution in [2.45, 2.75) is 45.7 Å². The third kappa shape index (κ3) is 5.30. The standard InChI is InChI=1S/C28H28Cl2N8/c1-28(2,3)15-34-25-17(12-32)13-33-26-21(25)9-18(10-22(26)29)35-27(20-6-4-5-16(11-31)24(20)30)23-14-38(37-36-23)19-7-8-19/h4-6,9-10,13-14,19,27,35-37H,7-8,15H2,1-3H3,(H,33,34)/i27D. The minimum absolute atomic E-state index is 0.0398. The molecule has 1 aromatic heterocycles. The van der Waals surface area contributed by atoms with Crippen LogP contribution in [0.25, 0.3) is 10.9 Å². The topological polar surface area (TPSA) is 112 Å². The van der Waals surface area contributed by atoms with Crippen molar-refractivity contribution in [1.82, 2.24) is 21.0 Å². The molecule has 1 fully saturated rings. The fourth-order valence-corrected chi connectivity index (χ4v) is 4.73. The molecular formula is C28H28Cl2N8. The second-order valence-corrected chi connectivity index (χ2v) is 11.4. The quantitative estimate of drug-likeness (QED) is 0.275. The fourth-order valence-electron chi connectivity index (χ4n) is 4.20. The highest BCUT2D eigenvalue weighted by Crippen LogP contribution is 2.38. The maximum Gasteiger partial charge on any atom is 0.103 e. The molecule has 194 valence electrons. The minimum atomic E-state index is -1.63. The molecule has 2 aromatic carbocycles. The minimum Gasteiger partial charge on any atom is -0.383 e. The van der Waals surface area contributed by atoms with Crippen molar-refractivity contribution >= 4 is 45.5 Å². The Morgan fingerprint density at radius 2 is 1.97 bits per heavy atom. The Bertz CT molecular complexity index is 1560. The molecule has 1 unspecified atom stereocenters. The van der Waals surface area contributed by atoms with E-state index in [1.165, 1.54) is 6.20 Å². The molecule has 2 aliphatic rings. The molecule has 1 saturated carbocycles. The molecule has 10 heteroatoms. The van der Waals surface area contributed by atoms with Crippen molar-refractivity contribution in [3.63, 3.8) is 0 Å². The number of hydrogen-bond acceptors (Lipinski definition) is 8. The van der Waals surface area contributed by atoms with Crippen molar-refractivity contribution in [2.75, 3.05) is 17.2 Å². The monoisotopic (exact) mass is 547 g/mol. The highest BCUT2D eigenvalue weighted by Gasteiger charge is 2.33. The van der Waals surface area contributed by atoms with E-state index in [1.807, 2.05) is 17.3 Å². The first kappa shape index (κ1) is 24.6. The van der Waals surface area contributed by atoms with Gasteiger partial charge in [-0.2, -0.15) is 10.5 Å². The second kappa shape index (κ2) is 10.2. The number of hydrazine groups is 2. The van der Waals surface area contributed by atoms with Crippen LogP contribution in [0.1, 0.15) is 57.7 Å². The van der Waals surface area contributed by atoms with Gasteiger partial charge in [0.05, 0.1) is 45.5 Å². The summed E-state index contributed by atoms with van der Waals surface area (Å²) in [6.07, 6.45) is 5.47. The largest absolute Gasteiger partial charge is 0.383 e. The first-order chi connectivity index (χ1) is 18.5. The van der Waals surface area contributed by atoms with Crippen molar-refractivity contribution < 1.29 is 1.37 Å². The van der Waals surface area contributed by atoms with Crippen LogP contribution < -0.4 is 21.6 Å². The van der Waals surface area contributed by atoms with E-state index in [0.717, 1.165) is 12.8 Å². The zero-order valence-corrected chi connectivity index (χ0v) is 22.8. The molecule has 4 N–H and O–H groups in total. The third-order valence-electron chi connectivity index (χ3n) is 6.30. The Labute approximate surface area is 233 Å². The molecule has 0 bridgehead atoms. The van der Waals surface area contributed by atoms with Crippen molar-refractivity contribution in [3.05, 3.63) is 75.2 Å². The summed E-state index contributed by atoms with van der Waals surface area (Å²) in [6.45, 7) is 6.92. The summed E-state index contributed by atoms with van der Waals surface area (Å²) in [4.78, 5) is 4.44. The number of nitrogens with one attached hydrogen (secondary N) is 4. The Morgan fingerprint density at radius 1 is 1.21 bits per heavy atom. The first-order valence-corrected chi connectivity index (χ1v) is 13.1. The number of anilines is 2. The summed E-state index contributed by atoms with van der Waals surface area (Å²) >= 11 is 13.4. The average molecular weight is 549 g/mol. The van der Waals surface area contributed by atoms with Gasteiger partial charge in [0.25, 0.3) is 0 Å². The van der Waals surface area contributed by atoms with Crippen LogP contribution in [0.4, 0.5) is 11.4 Å². The molecule has 38 heavy (non-hydrogen) atoms. The lowest BCUT2D eigenvalue weighted by Crippen LogP contribution is -2.38. The Balaban J connectivity index is 1.64. The number of benzene rings is 2. The molecule has 1 aliphatic carbocycles. The lowest BCUT2D eigenvalue weighted by atomic mass is 9.96. The fraction of sp³-hybridized carbons (Fsp3) is 0.321. The SMILES string of the molecule is [2H]C(Nc1cc(Cl)c2ncc(C#N)c(NCC(C)(C)C)c2c1)(C1=CN(C2CC2)NN1)c1cccc(C#N)c1Cl. The number of aromatic nitrogens is 1. The van der Waals surface area contributed by atoms with E-state index in [9.17, 15) is 11.9 Å². The maximum atomic E-state index is 9.80. The molecule has 0 radical (unpaired) electrons. The second-order valence-electron chi connectivity index (χ2n) is 10.6. The predicted octanol–water partition coefficient (Wildman–Crippen LogP) is 6.22. The van der Waals surface area contributed by atoms with Crippen LogP contribution in [0, 0.1) is 28.1 Å². The van der Waals surface area contributed by atoms with E-state index in [2.05, 4.69) is 59.5 Å². The van der Waals surface area contributed by atoms with Crippen LogP contribution in [-0.4, -0.2) is 22.6 Å². The molecule has 0 amide bonds. The molecule has 5 rings (SSSR count). The average Bonchev–Trinajstić information content (AvgIpc) is 3.62. The number of fused-ring (bicyclic) bond motifs is 1. The number of pyridine rings is 1. The molecule has 0 spiro atoms. The van der Waals surface area contributed by atoms with E-state index in [1.54, 1.807) is 24.3 Å². The Kier molecular flexibility index (Phi) is 6.63. The van der Waals surface area contributed by atoms with Crippen LogP contribution >= 0.6 is 23.2 Å². The van der Waals surface area contributed by atoms with Gasteiger partial charge in [-0.3, -0.25) is 9.99 Å². The maximum absolute atomic E-state index is 9.80. The van der Waals surface area contributed by atoms with Gasteiger partial charge in [-0.05, 0) is 36.5 Å². The summed E-state index contributed by atoms with van der Waals surface area (Å²) in [7, 11) is 0. The smallest absolute Gasteiger partial charge is 0.103 e. The number of nitrogens with zero attached hydrogens (tertiary/aromatic N) is 4. The molecule has 3 aromatic rings. The summed E-state index contributed by atoms with van der Waals surface area (Å²) < 4.78 is 9.70. The van der Waals surface area contributed by atoms with Gasteiger partial charge in [0, 0.05) is 41.6 Å². The number of rotatable bonds is 7. The highest BCUT2D eigenvalue weighted by atomic mass is 35.5. The summed E-state index contributed by atoms with van der Waals surface area (Å²) in [6, 6.07) is 11.6. The number of halogens is 2. The Hall–Kier alpha value is -3.69. The molecule has 2 heterocycles. The van der Waals surface area contributed by atoms with Gasteiger partial charge in [0.2, 0.25) is 0 Å². The molecule has 1 aliphatic heterocycles. The third-order valence-corrected chi connectivity index (χ3v) is 6.99.